The fourth-order valence-electron chi connectivity index (χ4n) is 3.28. The molecule has 1 atom stereocenters. The van der Waals surface area contributed by atoms with Crippen molar-refractivity contribution in [2.45, 2.75) is 85.1 Å². The van der Waals surface area contributed by atoms with Crippen LogP contribution in [0.15, 0.2) is 0 Å². The maximum Gasteiger partial charge on any atom is 0.222 e. The summed E-state index contributed by atoms with van der Waals surface area (Å²) in [5, 5.41) is 0. The van der Waals surface area contributed by atoms with E-state index in [1.54, 1.807) is 0 Å². The van der Waals surface area contributed by atoms with Gasteiger partial charge in [0.25, 0.3) is 0 Å². The normalized spacial score (nSPS) is 19.8. The number of carbonyl (C=O) groups is 1. The summed E-state index contributed by atoms with van der Waals surface area (Å²) < 4.78 is 0. The van der Waals surface area contributed by atoms with E-state index in [-0.39, 0.29) is 0 Å². The van der Waals surface area contributed by atoms with Crippen molar-refractivity contribution < 1.29 is 4.79 Å². The minimum absolute atomic E-state index is 0.363. The zero-order chi connectivity index (χ0) is 13.6. The second kappa shape index (κ2) is 7.16. The average molecular weight is 253 g/mol. The lowest BCUT2D eigenvalue weighted by Gasteiger charge is -2.36. The van der Waals surface area contributed by atoms with Crippen LogP contribution in [0.5, 0.6) is 0 Å². The van der Waals surface area contributed by atoms with Gasteiger partial charge in [0.15, 0.2) is 0 Å². The molecule has 0 N–H and O–H groups in total. The highest BCUT2D eigenvalue weighted by Gasteiger charge is 2.29. The predicted molar refractivity (Wildman–Crippen MR) is 77.6 cm³/mol. The van der Waals surface area contributed by atoms with Crippen LogP contribution >= 0.6 is 0 Å². The topological polar surface area (TPSA) is 20.3 Å². The molecule has 0 spiro atoms. The molecule has 106 valence electrons. The molecule has 0 aromatic carbocycles. The molecule has 2 heteroatoms. The first-order valence-electron chi connectivity index (χ1n) is 7.79. The number of hydrogen-bond donors (Lipinski definition) is 0. The molecule has 1 unspecified atom stereocenters. The number of carbonyl (C=O) groups excluding carboxylic acids is 1. The van der Waals surface area contributed by atoms with Crippen LogP contribution in [0.25, 0.3) is 0 Å². The fraction of sp³-hybridized carbons (Fsp3) is 0.938. The Labute approximate surface area is 113 Å². The van der Waals surface area contributed by atoms with Gasteiger partial charge in [-0.3, -0.25) is 4.79 Å². The van der Waals surface area contributed by atoms with Crippen molar-refractivity contribution in [1.29, 1.82) is 0 Å². The molecular weight excluding hydrogens is 222 g/mol. The van der Waals surface area contributed by atoms with E-state index in [2.05, 4.69) is 32.6 Å². The lowest BCUT2D eigenvalue weighted by atomic mass is 9.80. The Balaban J connectivity index is 2.66. The van der Waals surface area contributed by atoms with Gasteiger partial charge in [-0.25, -0.2) is 0 Å². The molecule has 1 rings (SSSR count). The summed E-state index contributed by atoms with van der Waals surface area (Å²) >= 11 is 0. The molecule has 1 amide bonds. The van der Waals surface area contributed by atoms with Gasteiger partial charge in [-0.05, 0) is 37.5 Å². The van der Waals surface area contributed by atoms with Gasteiger partial charge in [-0.15, -0.1) is 0 Å². The van der Waals surface area contributed by atoms with Gasteiger partial charge in [0.05, 0.1) is 0 Å². The first kappa shape index (κ1) is 15.5. The quantitative estimate of drug-likeness (QED) is 0.687. The Morgan fingerprint density at radius 1 is 1.22 bits per heavy atom. The van der Waals surface area contributed by atoms with Crippen LogP contribution < -0.4 is 0 Å². The van der Waals surface area contributed by atoms with Crippen LogP contribution in [-0.4, -0.2) is 23.4 Å². The van der Waals surface area contributed by atoms with Crippen molar-refractivity contribution in [2.24, 2.45) is 5.41 Å². The summed E-state index contributed by atoms with van der Waals surface area (Å²) in [6, 6.07) is 0.456. The molecule has 0 aromatic heterocycles. The average Bonchev–Trinajstić information content (AvgIpc) is 2.51. The molecule has 0 radical (unpaired) electrons. The van der Waals surface area contributed by atoms with Gasteiger partial charge >= 0.3 is 0 Å². The zero-order valence-electron chi connectivity index (χ0n) is 12.8. The highest BCUT2D eigenvalue weighted by Crippen LogP contribution is 2.32. The first-order valence-corrected chi connectivity index (χ1v) is 7.79. The Bertz CT molecular complexity index is 260. The van der Waals surface area contributed by atoms with E-state index in [9.17, 15) is 4.79 Å². The molecule has 2 nitrogen and oxygen atoms in total. The largest absolute Gasteiger partial charge is 0.340 e. The molecule has 1 fully saturated rings. The van der Waals surface area contributed by atoms with Crippen LogP contribution in [0.4, 0.5) is 0 Å². The van der Waals surface area contributed by atoms with Crippen LogP contribution in [0.2, 0.25) is 0 Å². The van der Waals surface area contributed by atoms with E-state index >= 15 is 0 Å². The third kappa shape index (κ3) is 4.62. The summed E-state index contributed by atoms with van der Waals surface area (Å²) in [6.07, 6.45) is 9.01. The van der Waals surface area contributed by atoms with Crippen LogP contribution in [-0.2, 0) is 4.79 Å². The second-order valence-corrected chi connectivity index (χ2v) is 6.58. The SMILES string of the molecule is CCCC(C)(C)CC(CC)N1CCCCCC1=O. The van der Waals surface area contributed by atoms with Crippen molar-refractivity contribution in [1.82, 2.24) is 4.90 Å². The maximum atomic E-state index is 12.2. The van der Waals surface area contributed by atoms with Gasteiger partial charge in [0.1, 0.15) is 0 Å². The van der Waals surface area contributed by atoms with Crippen molar-refractivity contribution in [2.75, 3.05) is 6.54 Å². The van der Waals surface area contributed by atoms with E-state index < -0.39 is 0 Å². The Morgan fingerprint density at radius 2 is 1.94 bits per heavy atom. The number of hydrogen-bond acceptors (Lipinski definition) is 1. The van der Waals surface area contributed by atoms with Gasteiger partial charge in [0.2, 0.25) is 5.91 Å². The molecule has 1 heterocycles. The Kier molecular flexibility index (Phi) is 6.17. The van der Waals surface area contributed by atoms with Gasteiger partial charge in [0, 0.05) is 19.0 Å². The maximum absolute atomic E-state index is 12.2. The molecule has 1 saturated heterocycles. The summed E-state index contributed by atoms with van der Waals surface area (Å²) in [5.41, 5.74) is 0.363. The van der Waals surface area contributed by atoms with Crippen molar-refractivity contribution in [3.63, 3.8) is 0 Å². The number of likely N-dealkylation sites (tertiary alicyclic amines) is 1. The Morgan fingerprint density at radius 3 is 2.56 bits per heavy atom. The van der Waals surface area contributed by atoms with Gasteiger partial charge in [-0.1, -0.05) is 40.5 Å². The van der Waals surface area contributed by atoms with E-state index in [1.807, 2.05) is 0 Å². The number of nitrogens with zero attached hydrogens (tertiary/aromatic N) is 1. The van der Waals surface area contributed by atoms with Gasteiger partial charge < -0.3 is 4.90 Å². The highest BCUT2D eigenvalue weighted by atomic mass is 16.2. The van der Waals surface area contributed by atoms with Crippen molar-refractivity contribution >= 4 is 5.91 Å². The summed E-state index contributed by atoms with van der Waals surface area (Å²) in [4.78, 5) is 14.4. The van der Waals surface area contributed by atoms with Crippen LogP contribution in [0.3, 0.4) is 0 Å². The summed E-state index contributed by atoms with van der Waals surface area (Å²) in [7, 11) is 0. The molecule has 0 aliphatic carbocycles. The minimum atomic E-state index is 0.363. The molecule has 0 aromatic rings. The third-order valence-corrected chi connectivity index (χ3v) is 4.24. The van der Waals surface area contributed by atoms with E-state index in [0.29, 0.717) is 17.4 Å². The molecule has 0 bridgehead atoms. The van der Waals surface area contributed by atoms with Crippen molar-refractivity contribution in [3.05, 3.63) is 0 Å². The Hall–Kier alpha value is -0.530. The second-order valence-electron chi connectivity index (χ2n) is 6.58. The number of amides is 1. The highest BCUT2D eigenvalue weighted by molar-refractivity contribution is 5.76. The summed E-state index contributed by atoms with van der Waals surface area (Å²) in [5.74, 6) is 0.395. The van der Waals surface area contributed by atoms with Gasteiger partial charge in [-0.2, -0.15) is 0 Å². The monoisotopic (exact) mass is 253 g/mol. The predicted octanol–water partition coefficient (Wildman–Crippen LogP) is 4.38. The number of rotatable bonds is 6. The molecular formula is C16H31NO. The van der Waals surface area contributed by atoms with E-state index in [4.69, 9.17) is 0 Å². The zero-order valence-corrected chi connectivity index (χ0v) is 12.8. The lowest BCUT2D eigenvalue weighted by Crippen LogP contribution is -2.42. The third-order valence-electron chi connectivity index (χ3n) is 4.24. The molecule has 0 saturated carbocycles. The first-order chi connectivity index (χ1) is 8.50. The fourth-order valence-corrected chi connectivity index (χ4v) is 3.28. The molecule has 18 heavy (non-hydrogen) atoms. The van der Waals surface area contributed by atoms with E-state index in [0.717, 1.165) is 32.2 Å². The standard InChI is InChI=1S/C16H31NO/c1-5-11-16(3,4)13-14(6-2)17-12-9-7-8-10-15(17)18/h14H,5-13H2,1-4H3. The molecule has 1 aliphatic rings. The van der Waals surface area contributed by atoms with Crippen LogP contribution in [0, 0.1) is 5.41 Å². The van der Waals surface area contributed by atoms with Crippen LogP contribution in [0.1, 0.15) is 79.1 Å². The van der Waals surface area contributed by atoms with Crippen molar-refractivity contribution in [3.8, 4) is 0 Å². The lowest BCUT2D eigenvalue weighted by molar-refractivity contribution is -0.133. The molecule has 1 aliphatic heterocycles. The smallest absolute Gasteiger partial charge is 0.222 e. The van der Waals surface area contributed by atoms with E-state index in [1.165, 1.54) is 25.7 Å². The summed E-state index contributed by atoms with van der Waals surface area (Å²) in [6.45, 7) is 10.2. The minimum Gasteiger partial charge on any atom is -0.340 e.